The molecule has 2 aromatic rings. The third-order valence-corrected chi connectivity index (χ3v) is 5.75. The lowest BCUT2D eigenvalue weighted by molar-refractivity contribution is -0.0671. The van der Waals surface area contributed by atoms with Crippen LogP contribution in [0.2, 0.25) is 0 Å². The van der Waals surface area contributed by atoms with Gasteiger partial charge in [-0.1, -0.05) is 24.0 Å². The molecule has 9 nitrogen and oxygen atoms in total. The van der Waals surface area contributed by atoms with E-state index in [9.17, 15) is 10.2 Å². The number of pyridine rings is 1. The molecule has 2 radical (unpaired) electrons. The SMILES string of the molecule is [B]C(O)(Oc1cc(C(C=NN2CCN(C)C(C)C2)=CN)cnc1N)c1cccc(C#CC(C)(C)O)c1. The Bertz CT molecular complexity index is 1200. The van der Waals surface area contributed by atoms with Crippen molar-refractivity contribution in [1.29, 1.82) is 0 Å². The van der Waals surface area contributed by atoms with Gasteiger partial charge < -0.3 is 31.3 Å². The zero-order chi connectivity index (χ0) is 26.5. The molecule has 10 heteroatoms. The summed E-state index contributed by atoms with van der Waals surface area (Å²) in [6.45, 7) is 7.84. The molecular weight excluding hydrogens is 455 g/mol. The molecule has 2 atom stereocenters. The maximum Gasteiger partial charge on any atom is 0.181 e. The highest BCUT2D eigenvalue weighted by atomic mass is 16.6. The van der Waals surface area contributed by atoms with Crippen LogP contribution in [0.15, 0.2) is 47.8 Å². The van der Waals surface area contributed by atoms with Crippen LogP contribution in [0.3, 0.4) is 0 Å². The third kappa shape index (κ3) is 7.24. The van der Waals surface area contributed by atoms with Crippen molar-refractivity contribution in [2.24, 2.45) is 10.8 Å². The average molecular weight is 488 g/mol. The summed E-state index contributed by atoms with van der Waals surface area (Å²) >= 11 is 0. The fraction of sp³-hybridized carbons (Fsp3) is 0.385. The number of hydrogen-bond acceptors (Lipinski definition) is 9. The van der Waals surface area contributed by atoms with Crippen molar-refractivity contribution in [3.8, 4) is 17.6 Å². The quantitative estimate of drug-likeness (QED) is 0.205. The van der Waals surface area contributed by atoms with Crippen LogP contribution in [0.5, 0.6) is 5.75 Å². The second-order valence-corrected chi connectivity index (χ2v) is 9.40. The Morgan fingerprint density at radius 2 is 2.06 bits per heavy atom. The van der Waals surface area contributed by atoms with Crippen molar-refractivity contribution < 1.29 is 14.9 Å². The third-order valence-electron chi connectivity index (χ3n) is 5.75. The zero-order valence-corrected chi connectivity index (χ0v) is 21.1. The van der Waals surface area contributed by atoms with Crippen LogP contribution >= 0.6 is 0 Å². The summed E-state index contributed by atoms with van der Waals surface area (Å²) in [5, 5.41) is 27.3. The molecule has 3 rings (SSSR count). The molecule has 0 spiro atoms. The molecule has 6 N–H and O–H groups in total. The first kappa shape index (κ1) is 27.1. The smallest absolute Gasteiger partial charge is 0.181 e. The van der Waals surface area contributed by atoms with Crippen LogP contribution < -0.4 is 16.2 Å². The van der Waals surface area contributed by atoms with Gasteiger partial charge in [-0.2, -0.15) is 5.10 Å². The van der Waals surface area contributed by atoms with Gasteiger partial charge in [-0.15, -0.1) is 0 Å². The molecule has 1 aliphatic rings. The highest BCUT2D eigenvalue weighted by molar-refractivity contribution is 6.13. The van der Waals surface area contributed by atoms with E-state index in [1.807, 2.05) is 5.01 Å². The number of likely N-dealkylation sites (N-methyl/N-ethyl adjacent to an activating group) is 1. The number of rotatable bonds is 6. The molecule has 36 heavy (non-hydrogen) atoms. The summed E-state index contributed by atoms with van der Waals surface area (Å²) in [7, 11) is 8.20. The average Bonchev–Trinajstić information content (AvgIpc) is 2.82. The number of hydrogen-bond donors (Lipinski definition) is 4. The van der Waals surface area contributed by atoms with E-state index >= 15 is 0 Å². The van der Waals surface area contributed by atoms with E-state index in [1.165, 1.54) is 6.20 Å². The van der Waals surface area contributed by atoms with Crippen molar-refractivity contribution in [2.75, 3.05) is 32.4 Å². The van der Waals surface area contributed by atoms with E-state index in [1.54, 1.807) is 56.6 Å². The topological polar surface area (TPSA) is 133 Å². The molecule has 0 amide bonds. The van der Waals surface area contributed by atoms with Crippen molar-refractivity contribution in [2.45, 2.75) is 38.1 Å². The summed E-state index contributed by atoms with van der Waals surface area (Å²) < 4.78 is 5.69. The van der Waals surface area contributed by atoms with Gasteiger partial charge in [0.1, 0.15) is 5.60 Å². The highest BCUT2D eigenvalue weighted by Crippen LogP contribution is 2.30. The monoisotopic (exact) mass is 488 g/mol. The second-order valence-electron chi connectivity index (χ2n) is 9.40. The molecule has 1 aliphatic heterocycles. The predicted octanol–water partition coefficient (Wildman–Crippen LogP) is 1.06. The largest absolute Gasteiger partial charge is 0.464 e. The Labute approximate surface area is 213 Å². The summed E-state index contributed by atoms with van der Waals surface area (Å²) in [5.74, 6) is 5.69. The normalized spacial score (nSPS) is 19.0. The lowest BCUT2D eigenvalue weighted by Crippen LogP contribution is -2.47. The molecule has 188 valence electrons. The van der Waals surface area contributed by atoms with E-state index in [0.29, 0.717) is 22.7 Å². The number of aromatic nitrogens is 1. The van der Waals surface area contributed by atoms with Crippen molar-refractivity contribution in [1.82, 2.24) is 14.9 Å². The summed E-state index contributed by atoms with van der Waals surface area (Å²) in [5.41, 5.74) is 10.5. The van der Waals surface area contributed by atoms with Gasteiger partial charge in [0.15, 0.2) is 25.1 Å². The Hall–Kier alpha value is -3.52. The Morgan fingerprint density at radius 3 is 2.72 bits per heavy atom. The first-order valence-corrected chi connectivity index (χ1v) is 11.6. The predicted molar refractivity (Wildman–Crippen MR) is 143 cm³/mol. The second kappa shape index (κ2) is 11.0. The number of benzene rings is 1. The van der Waals surface area contributed by atoms with Crippen LogP contribution in [-0.4, -0.2) is 77.5 Å². The molecule has 1 saturated heterocycles. The van der Waals surface area contributed by atoms with Gasteiger partial charge in [-0.3, -0.25) is 5.01 Å². The fourth-order valence-corrected chi connectivity index (χ4v) is 3.46. The number of piperazine rings is 1. The number of nitrogen functional groups attached to an aromatic ring is 1. The van der Waals surface area contributed by atoms with Crippen LogP contribution in [0.25, 0.3) is 5.57 Å². The number of nitrogens with zero attached hydrogens (tertiary/aromatic N) is 4. The number of ether oxygens (including phenoxy) is 1. The summed E-state index contributed by atoms with van der Waals surface area (Å²) in [6, 6.07) is 8.55. The first-order valence-electron chi connectivity index (χ1n) is 11.6. The molecule has 0 bridgehead atoms. The Morgan fingerprint density at radius 1 is 1.31 bits per heavy atom. The Balaban J connectivity index is 1.81. The molecule has 0 aliphatic carbocycles. The van der Waals surface area contributed by atoms with Gasteiger partial charge in [0.05, 0.1) is 12.8 Å². The molecule has 1 fully saturated rings. The minimum atomic E-state index is -2.22. The number of aliphatic hydroxyl groups is 2. The van der Waals surface area contributed by atoms with Gasteiger partial charge in [0.25, 0.3) is 0 Å². The number of hydrazone groups is 1. The summed E-state index contributed by atoms with van der Waals surface area (Å²) in [6.07, 6.45) is 4.62. The van der Waals surface area contributed by atoms with E-state index in [-0.39, 0.29) is 17.1 Å². The van der Waals surface area contributed by atoms with Crippen LogP contribution in [-0.2, 0) is 5.69 Å². The van der Waals surface area contributed by atoms with Gasteiger partial charge in [-0.25, -0.2) is 4.98 Å². The highest BCUT2D eigenvalue weighted by Gasteiger charge is 2.26. The number of allylic oxidation sites excluding steroid dienone is 1. The van der Waals surface area contributed by atoms with Gasteiger partial charge >= 0.3 is 0 Å². The lowest BCUT2D eigenvalue weighted by atomic mass is 9.86. The van der Waals surface area contributed by atoms with Gasteiger partial charge in [0, 0.05) is 53.8 Å². The summed E-state index contributed by atoms with van der Waals surface area (Å²) in [4.78, 5) is 6.45. The molecule has 1 aromatic heterocycles. The molecule has 2 heterocycles. The zero-order valence-electron chi connectivity index (χ0n) is 21.1. The van der Waals surface area contributed by atoms with Crippen LogP contribution in [0.1, 0.15) is 37.5 Å². The Kier molecular flexibility index (Phi) is 8.30. The van der Waals surface area contributed by atoms with Crippen LogP contribution in [0.4, 0.5) is 5.82 Å². The molecule has 0 saturated carbocycles. The number of nitrogens with two attached hydrogens (primary N) is 2. The first-order chi connectivity index (χ1) is 16.9. The maximum absolute atomic E-state index is 10.9. The van der Waals surface area contributed by atoms with Gasteiger partial charge in [-0.05, 0) is 46.0 Å². The minimum absolute atomic E-state index is 0.0433. The van der Waals surface area contributed by atoms with E-state index in [0.717, 1.165) is 19.6 Å². The lowest BCUT2D eigenvalue weighted by Gasteiger charge is -2.36. The van der Waals surface area contributed by atoms with Crippen molar-refractivity contribution >= 4 is 25.5 Å². The van der Waals surface area contributed by atoms with Crippen molar-refractivity contribution in [3.63, 3.8) is 0 Å². The standard InChI is InChI=1S/C26H33BN6O3/c1-18-17-33(11-10-32(18)4)31-16-21(14-28)20-13-23(24(29)30-15-20)36-26(27,35)22-7-5-6-19(12-22)8-9-25(2,3)34/h5-7,12-16,18,34-35H,10-11,17,28H2,1-4H3,(H2,29,30). The van der Waals surface area contributed by atoms with Crippen LogP contribution in [0, 0.1) is 11.8 Å². The van der Waals surface area contributed by atoms with Gasteiger partial charge in [0.2, 0.25) is 0 Å². The van der Waals surface area contributed by atoms with E-state index in [2.05, 4.69) is 40.8 Å². The van der Waals surface area contributed by atoms with E-state index in [4.69, 9.17) is 24.1 Å². The minimum Gasteiger partial charge on any atom is -0.464 e. The van der Waals surface area contributed by atoms with Crippen molar-refractivity contribution in [3.05, 3.63) is 59.4 Å². The molecular formula is C26H33BN6O3. The maximum atomic E-state index is 10.9. The molecule has 2 unspecified atom stereocenters. The fourth-order valence-electron chi connectivity index (χ4n) is 3.46. The molecule has 1 aromatic carbocycles. The number of anilines is 1. The van der Waals surface area contributed by atoms with E-state index < -0.39 is 11.3 Å².